The Morgan fingerprint density at radius 2 is 2.03 bits per heavy atom. The van der Waals surface area contributed by atoms with E-state index in [4.69, 9.17) is 4.74 Å². The van der Waals surface area contributed by atoms with Gasteiger partial charge in [0.1, 0.15) is 17.2 Å². The molecule has 1 amide bonds. The van der Waals surface area contributed by atoms with Crippen LogP contribution in [0.5, 0.6) is 0 Å². The van der Waals surface area contributed by atoms with Gasteiger partial charge in [-0.3, -0.25) is 4.79 Å². The Bertz CT molecular complexity index is 822. The third-order valence-electron chi connectivity index (χ3n) is 5.20. The standard InChI is InChI=1S/C22H30N4O2S/c1-16-5-6-17(2)19(13-16)29-21-14-20(24-15-25-21)26-10-7-18(8-11-26)22(27)23-9-4-12-28-3/h5-6,13-15,18H,4,7-12H2,1-3H3,(H,23,27). The van der Waals surface area contributed by atoms with Crippen LogP contribution in [0.2, 0.25) is 0 Å². The second kappa shape index (κ2) is 10.6. The molecular weight excluding hydrogens is 384 g/mol. The number of anilines is 1. The largest absolute Gasteiger partial charge is 0.385 e. The van der Waals surface area contributed by atoms with E-state index >= 15 is 0 Å². The Hall–Kier alpha value is -2.12. The molecule has 29 heavy (non-hydrogen) atoms. The van der Waals surface area contributed by atoms with Gasteiger partial charge in [0.05, 0.1) is 0 Å². The molecule has 3 rings (SSSR count). The first-order chi connectivity index (χ1) is 14.1. The molecule has 1 saturated heterocycles. The number of ether oxygens (including phenoxy) is 1. The predicted molar refractivity (Wildman–Crippen MR) is 117 cm³/mol. The number of carbonyl (C=O) groups is 1. The van der Waals surface area contributed by atoms with Crippen molar-refractivity contribution in [2.75, 3.05) is 38.3 Å². The smallest absolute Gasteiger partial charge is 0.223 e. The van der Waals surface area contributed by atoms with Crippen LogP contribution in [0.3, 0.4) is 0 Å². The highest BCUT2D eigenvalue weighted by Crippen LogP contribution is 2.31. The molecule has 0 atom stereocenters. The van der Waals surface area contributed by atoms with Crippen LogP contribution >= 0.6 is 11.8 Å². The van der Waals surface area contributed by atoms with Gasteiger partial charge < -0.3 is 15.0 Å². The minimum absolute atomic E-state index is 0.0828. The van der Waals surface area contributed by atoms with Gasteiger partial charge in [0.25, 0.3) is 0 Å². The Balaban J connectivity index is 1.55. The maximum absolute atomic E-state index is 12.3. The van der Waals surface area contributed by atoms with Crippen molar-refractivity contribution >= 4 is 23.5 Å². The van der Waals surface area contributed by atoms with Crippen molar-refractivity contribution in [1.29, 1.82) is 0 Å². The van der Waals surface area contributed by atoms with Crippen LogP contribution in [0.15, 0.2) is 40.5 Å². The lowest BCUT2D eigenvalue weighted by Gasteiger charge is -2.32. The number of carbonyl (C=O) groups excluding carboxylic acids is 1. The first-order valence-corrected chi connectivity index (χ1v) is 11.0. The minimum atomic E-state index is 0.0828. The minimum Gasteiger partial charge on any atom is -0.385 e. The number of nitrogens with one attached hydrogen (secondary N) is 1. The summed E-state index contributed by atoms with van der Waals surface area (Å²) in [5.41, 5.74) is 2.49. The molecule has 156 valence electrons. The number of rotatable bonds is 8. The van der Waals surface area contributed by atoms with Crippen molar-refractivity contribution in [1.82, 2.24) is 15.3 Å². The summed E-state index contributed by atoms with van der Waals surface area (Å²) in [5.74, 6) is 1.18. The summed E-state index contributed by atoms with van der Waals surface area (Å²) in [4.78, 5) is 24.7. The Kier molecular flexibility index (Phi) is 7.89. The summed E-state index contributed by atoms with van der Waals surface area (Å²) in [6.07, 6.45) is 4.18. The Morgan fingerprint density at radius 1 is 1.24 bits per heavy atom. The normalized spacial score (nSPS) is 14.8. The average Bonchev–Trinajstić information content (AvgIpc) is 2.74. The monoisotopic (exact) mass is 414 g/mol. The first kappa shape index (κ1) is 21.6. The number of nitrogens with zero attached hydrogens (tertiary/aromatic N) is 3. The van der Waals surface area contributed by atoms with Crippen LogP contribution in [0.4, 0.5) is 5.82 Å². The number of methoxy groups -OCH3 is 1. The Labute approximate surface area is 177 Å². The first-order valence-electron chi connectivity index (χ1n) is 10.2. The molecule has 1 aromatic carbocycles. The number of hydrogen-bond acceptors (Lipinski definition) is 6. The molecule has 0 bridgehead atoms. The molecule has 2 heterocycles. The van der Waals surface area contributed by atoms with E-state index in [9.17, 15) is 4.79 Å². The number of piperidine rings is 1. The molecule has 1 aromatic heterocycles. The lowest BCUT2D eigenvalue weighted by atomic mass is 9.96. The third kappa shape index (κ3) is 6.18. The van der Waals surface area contributed by atoms with E-state index in [0.717, 1.165) is 43.2 Å². The predicted octanol–water partition coefficient (Wildman–Crippen LogP) is 3.61. The summed E-state index contributed by atoms with van der Waals surface area (Å²) in [6, 6.07) is 8.52. The summed E-state index contributed by atoms with van der Waals surface area (Å²) in [7, 11) is 1.68. The van der Waals surface area contributed by atoms with Gasteiger partial charge in [-0.05, 0) is 50.3 Å². The molecule has 7 heteroatoms. The van der Waals surface area contributed by atoms with E-state index in [1.807, 2.05) is 0 Å². The average molecular weight is 415 g/mol. The fourth-order valence-corrected chi connectivity index (χ4v) is 4.40. The Morgan fingerprint density at radius 3 is 2.79 bits per heavy atom. The molecule has 1 N–H and O–H groups in total. The van der Waals surface area contributed by atoms with E-state index in [1.54, 1.807) is 25.2 Å². The van der Waals surface area contributed by atoms with Crippen LogP contribution in [0.25, 0.3) is 0 Å². The van der Waals surface area contributed by atoms with Crippen LogP contribution in [0, 0.1) is 19.8 Å². The zero-order valence-corrected chi connectivity index (χ0v) is 18.3. The van der Waals surface area contributed by atoms with E-state index in [-0.39, 0.29) is 11.8 Å². The summed E-state index contributed by atoms with van der Waals surface area (Å²) in [5, 5.41) is 3.97. The highest BCUT2D eigenvalue weighted by Gasteiger charge is 2.25. The second-order valence-corrected chi connectivity index (χ2v) is 8.55. The molecule has 0 saturated carbocycles. The molecule has 2 aromatic rings. The van der Waals surface area contributed by atoms with Crippen molar-refractivity contribution in [3.63, 3.8) is 0 Å². The fourth-order valence-electron chi connectivity index (χ4n) is 3.43. The maximum Gasteiger partial charge on any atom is 0.223 e. The third-order valence-corrected chi connectivity index (χ3v) is 6.29. The molecule has 1 aliphatic heterocycles. The van der Waals surface area contributed by atoms with Gasteiger partial charge in [-0.2, -0.15) is 0 Å². The maximum atomic E-state index is 12.3. The number of benzene rings is 1. The van der Waals surface area contributed by atoms with Gasteiger partial charge in [-0.15, -0.1) is 0 Å². The van der Waals surface area contributed by atoms with E-state index < -0.39 is 0 Å². The number of aromatic nitrogens is 2. The topological polar surface area (TPSA) is 67.3 Å². The van der Waals surface area contributed by atoms with Crippen LogP contribution in [-0.2, 0) is 9.53 Å². The van der Waals surface area contributed by atoms with Gasteiger partial charge in [0, 0.05) is 50.2 Å². The zero-order chi connectivity index (χ0) is 20.6. The molecule has 0 spiro atoms. The zero-order valence-electron chi connectivity index (χ0n) is 17.5. The van der Waals surface area contributed by atoms with E-state index in [1.165, 1.54) is 16.0 Å². The second-order valence-electron chi connectivity index (χ2n) is 7.48. The molecule has 0 radical (unpaired) electrons. The van der Waals surface area contributed by atoms with Crippen LogP contribution in [0.1, 0.15) is 30.4 Å². The van der Waals surface area contributed by atoms with E-state index in [2.05, 4.69) is 58.3 Å². The summed E-state index contributed by atoms with van der Waals surface area (Å²) < 4.78 is 5.02. The summed E-state index contributed by atoms with van der Waals surface area (Å²) in [6.45, 7) is 7.25. The van der Waals surface area contributed by atoms with Gasteiger partial charge >= 0.3 is 0 Å². The van der Waals surface area contributed by atoms with Crippen molar-refractivity contribution in [3.8, 4) is 0 Å². The van der Waals surface area contributed by atoms with Crippen molar-refractivity contribution in [2.24, 2.45) is 5.92 Å². The van der Waals surface area contributed by atoms with Crippen molar-refractivity contribution < 1.29 is 9.53 Å². The number of hydrogen-bond donors (Lipinski definition) is 1. The molecular formula is C22H30N4O2S. The van der Waals surface area contributed by atoms with E-state index in [0.29, 0.717) is 13.2 Å². The van der Waals surface area contributed by atoms with Gasteiger partial charge in [-0.25, -0.2) is 9.97 Å². The van der Waals surface area contributed by atoms with Gasteiger partial charge in [-0.1, -0.05) is 23.9 Å². The van der Waals surface area contributed by atoms with Gasteiger partial charge in [0.2, 0.25) is 5.91 Å². The number of aryl methyl sites for hydroxylation is 2. The lowest BCUT2D eigenvalue weighted by Crippen LogP contribution is -2.41. The van der Waals surface area contributed by atoms with Crippen molar-refractivity contribution in [3.05, 3.63) is 41.7 Å². The summed E-state index contributed by atoms with van der Waals surface area (Å²) >= 11 is 1.67. The fraction of sp³-hybridized carbons (Fsp3) is 0.500. The molecule has 6 nitrogen and oxygen atoms in total. The highest BCUT2D eigenvalue weighted by atomic mass is 32.2. The molecule has 1 fully saturated rings. The lowest BCUT2D eigenvalue weighted by molar-refractivity contribution is -0.125. The molecule has 1 aliphatic rings. The van der Waals surface area contributed by atoms with Crippen molar-refractivity contribution in [2.45, 2.75) is 43.0 Å². The molecule has 0 aliphatic carbocycles. The van der Waals surface area contributed by atoms with Crippen LogP contribution in [-0.4, -0.2) is 49.2 Å². The SMILES string of the molecule is COCCCNC(=O)C1CCN(c2cc(Sc3cc(C)ccc3C)ncn2)CC1. The number of amides is 1. The van der Waals surface area contributed by atoms with Gasteiger partial charge in [0.15, 0.2) is 0 Å². The highest BCUT2D eigenvalue weighted by molar-refractivity contribution is 7.99. The van der Waals surface area contributed by atoms with Crippen LogP contribution < -0.4 is 10.2 Å². The molecule has 0 unspecified atom stereocenters. The quantitative estimate of drug-likeness (QED) is 0.526.